The van der Waals surface area contributed by atoms with E-state index in [0.717, 1.165) is 55.6 Å². The van der Waals surface area contributed by atoms with Crippen molar-refractivity contribution >= 4 is 40.5 Å². The van der Waals surface area contributed by atoms with Gasteiger partial charge in [0.05, 0.1) is 31.0 Å². The summed E-state index contributed by atoms with van der Waals surface area (Å²) < 4.78 is 11.0. The number of ether oxygens (including phenoxy) is 2. The van der Waals surface area contributed by atoms with Crippen molar-refractivity contribution in [3.05, 3.63) is 41.7 Å². The maximum atomic E-state index is 7.39. The molecule has 2 aromatic heterocycles. The lowest BCUT2D eigenvalue weighted by Crippen LogP contribution is -2.44. The predicted octanol–water partition coefficient (Wildman–Crippen LogP) is 2.35. The predicted molar refractivity (Wildman–Crippen MR) is 133 cm³/mol. The van der Waals surface area contributed by atoms with E-state index in [-0.39, 0.29) is 12.1 Å². The molecule has 2 aliphatic heterocycles. The van der Waals surface area contributed by atoms with Crippen molar-refractivity contribution in [3.8, 4) is 0 Å². The quantitative estimate of drug-likeness (QED) is 0.576. The number of rotatable bonds is 6. The zero-order valence-electron chi connectivity index (χ0n) is 18.9. The van der Waals surface area contributed by atoms with Gasteiger partial charge in [0, 0.05) is 55.0 Å². The largest absolute Gasteiger partial charge is 0.398 e. The van der Waals surface area contributed by atoms with Crippen LogP contribution in [0.15, 0.2) is 35.5 Å². The highest BCUT2D eigenvalue weighted by molar-refractivity contribution is 6.00. The molecule has 2 aromatic rings. The van der Waals surface area contributed by atoms with Crippen LogP contribution in [0.25, 0.3) is 22.3 Å². The highest BCUT2D eigenvalue weighted by atomic mass is 16.5. The number of hydrogen-bond donors (Lipinski definition) is 3. The van der Waals surface area contributed by atoms with E-state index < -0.39 is 0 Å². The van der Waals surface area contributed by atoms with Crippen LogP contribution in [0.1, 0.15) is 31.0 Å². The fourth-order valence-electron chi connectivity index (χ4n) is 4.14. The highest BCUT2D eigenvalue weighted by Gasteiger charge is 2.23. The van der Waals surface area contributed by atoms with Crippen molar-refractivity contribution in [2.45, 2.75) is 31.8 Å². The molecule has 0 aromatic carbocycles. The Morgan fingerprint density at radius 2 is 2.00 bits per heavy atom. The Labute approximate surface area is 193 Å². The van der Waals surface area contributed by atoms with Crippen LogP contribution in [-0.4, -0.2) is 67.5 Å². The first kappa shape index (κ1) is 22.9. The van der Waals surface area contributed by atoms with E-state index in [1.807, 2.05) is 18.2 Å². The molecule has 0 radical (unpaired) electrons. The van der Waals surface area contributed by atoms with Crippen LogP contribution in [-0.2, 0) is 9.47 Å². The van der Waals surface area contributed by atoms with Crippen LogP contribution in [0.2, 0.25) is 0 Å². The molecule has 0 aliphatic carbocycles. The second kappa shape index (κ2) is 10.5. The summed E-state index contributed by atoms with van der Waals surface area (Å²) in [6.07, 6.45) is 9.82. The van der Waals surface area contributed by atoms with E-state index in [2.05, 4.69) is 21.8 Å². The van der Waals surface area contributed by atoms with Gasteiger partial charge in [-0.25, -0.2) is 4.98 Å². The topological polar surface area (TPSA) is 136 Å². The van der Waals surface area contributed by atoms with Crippen molar-refractivity contribution in [3.63, 3.8) is 0 Å². The average molecular weight is 450 g/mol. The first-order chi connectivity index (χ1) is 16.1. The zero-order chi connectivity index (χ0) is 23.2. The number of anilines is 1. The molecule has 174 valence electrons. The molecule has 5 N–H and O–H groups in total. The smallest absolute Gasteiger partial charge is 0.130 e. The fraction of sp³-hybridized carbons (Fsp3) is 0.417. The summed E-state index contributed by atoms with van der Waals surface area (Å²) in [5, 5.41) is 8.23. The number of nitrogens with one attached hydrogen (secondary N) is 1. The van der Waals surface area contributed by atoms with Gasteiger partial charge in [0.25, 0.3) is 0 Å². The van der Waals surface area contributed by atoms with Gasteiger partial charge in [-0.05, 0) is 44.1 Å². The highest BCUT2D eigenvalue weighted by Crippen LogP contribution is 2.30. The second-order valence-corrected chi connectivity index (χ2v) is 8.25. The standard InChI is InChI=1S/C24H31N7O2/c1-16-15-33-13-10-31(16)22-14-19(20(26)4-9-28-17-5-11-32-12-6-17)18-3-8-29-24(23(18)30-22)21(27)2-7-25/h2-4,7-9,14,16-17,25H,5-6,10-13,15,26-27H2,1H3/b20-4?,21-2-,25-7?,28-9?. The van der Waals surface area contributed by atoms with Crippen LogP contribution < -0.4 is 16.4 Å². The lowest BCUT2D eigenvalue weighted by Gasteiger charge is -2.34. The van der Waals surface area contributed by atoms with Gasteiger partial charge >= 0.3 is 0 Å². The summed E-state index contributed by atoms with van der Waals surface area (Å²) >= 11 is 0. The summed E-state index contributed by atoms with van der Waals surface area (Å²) in [4.78, 5) is 16.2. The number of nitrogens with two attached hydrogens (primary N) is 2. The molecule has 0 amide bonds. The Balaban J connectivity index is 1.80. The van der Waals surface area contributed by atoms with Gasteiger partial charge in [0.1, 0.15) is 17.0 Å². The maximum Gasteiger partial charge on any atom is 0.130 e. The van der Waals surface area contributed by atoms with Gasteiger partial charge in [-0.15, -0.1) is 0 Å². The molecule has 1 atom stereocenters. The Morgan fingerprint density at radius 1 is 1.18 bits per heavy atom. The first-order valence-electron chi connectivity index (χ1n) is 11.3. The minimum atomic E-state index is 0.173. The van der Waals surface area contributed by atoms with Crippen molar-refractivity contribution in [2.75, 3.05) is 37.9 Å². The summed E-state index contributed by atoms with van der Waals surface area (Å²) in [5.74, 6) is 0.794. The third-order valence-electron chi connectivity index (χ3n) is 5.97. The molecule has 2 fully saturated rings. The van der Waals surface area contributed by atoms with Gasteiger partial charge in [-0.3, -0.25) is 9.98 Å². The van der Waals surface area contributed by atoms with E-state index in [1.165, 1.54) is 6.08 Å². The van der Waals surface area contributed by atoms with Gasteiger partial charge in [0.15, 0.2) is 0 Å². The third kappa shape index (κ3) is 5.20. The number of aromatic nitrogens is 2. The number of fused-ring (bicyclic) bond motifs is 1. The number of morpholine rings is 1. The fourth-order valence-corrected chi connectivity index (χ4v) is 4.14. The molecule has 4 heterocycles. The van der Waals surface area contributed by atoms with Gasteiger partial charge in [-0.2, -0.15) is 0 Å². The summed E-state index contributed by atoms with van der Waals surface area (Å²) in [5.41, 5.74) is 15.8. The number of nitrogens with zero attached hydrogens (tertiary/aromatic N) is 4. The van der Waals surface area contributed by atoms with Gasteiger partial charge in [0.2, 0.25) is 0 Å². The lowest BCUT2D eigenvalue weighted by atomic mass is 10.0. The van der Waals surface area contributed by atoms with Crippen LogP contribution in [0.4, 0.5) is 5.82 Å². The van der Waals surface area contributed by atoms with E-state index in [1.54, 1.807) is 12.4 Å². The van der Waals surface area contributed by atoms with E-state index in [0.29, 0.717) is 35.8 Å². The van der Waals surface area contributed by atoms with Crippen LogP contribution >= 0.6 is 0 Å². The number of hydrogen-bond acceptors (Lipinski definition) is 9. The molecule has 4 rings (SSSR count). The lowest BCUT2D eigenvalue weighted by molar-refractivity contribution is 0.0872. The Kier molecular flexibility index (Phi) is 7.31. The van der Waals surface area contributed by atoms with Crippen molar-refractivity contribution in [1.29, 1.82) is 5.41 Å². The Bertz CT molecular complexity index is 1090. The normalized spacial score (nSPS) is 21.1. The molecule has 0 saturated carbocycles. The monoisotopic (exact) mass is 449 g/mol. The molecular weight excluding hydrogens is 418 g/mol. The molecule has 2 aliphatic rings. The average Bonchev–Trinajstić information content (AvgIpc) is 2.84. The molecule has 2 saturated heterocycles. The summed E-state index contributed by atoms with van der Waals surface area (Å²) in [6, 6.07) is 4.34. The zero-order valence-corrected chi connectivity index (χ0v) is 18.9. The van der Waals surface area contributed by atoms with Gasteiger partial charge < -0.3 is 31.3 Å². The maximum absolute atomic E-state index is 7.39. The Morgan fingerprint density at radius 3 is 2.76 bits per heavy atom. The van der Waals surface area contributed by atoms with Crippen molar-refractivity contribution in [2.24, 2.45) is 16.5 Å². The third-order valence-corrected chi connectivity index (χ3v) is 5.97. The molecule has 0 spiro atoms. The number of aliphatic imine (C=N–C) groups is 1. The Hall–Kier alpha value is -3.30. The van der Waals surface area contributed by atoms with Crippen LogP contribution in [0.5, 0.6) is 0 Å². The number of allylic oxidation sites excluding steroid dienone is 2. The molecular formula is C24H31N7O2. The molecule has 33 heavy (non-hydrogen) atoms. The number of pyridine rings is 2. The molecule has 9 nitrogen and oxygen atoms in total. The van der Waals surface area contributed by atoms with E-state index >= 15 is 0 Å². The first-order valence-corrected chi connectivity index (χ1v) is 11.3. The molecule has 9 heteroatoms. The molecule has 0 bridgehead atoms. The summed E-state index contributed by atoms with van der Waals surface area (Å²) in [6.45, 7) is 5.61. The minimum absolute atomic E-state index is 0.173. The molecule has 1 unspecified atom stereocenters. The van der Waals surface area contributed by atoms with E-state index in [4.69, 9.17) is 31.3 Å². The van der Waals surface area contributed by atoms with Crippen molar-refractivity contribution in [1.82, 2.24) is 9.97 Å². The SMILES string of the molecule is CC1COCCN1c1cc(C(N)=CC=NC2CCOCC2)c2ccnc(/C(N)=C/C=N)c2n1. The minimum Gasteiger partial charge on any atom is -0.398 e. The second-order valence-electron chi connectivity index (χ2n) is 8.25. The van der Waals surface area contributed by atoms with Crippen molar-refractivity contribution < 1.29 is 9.47 Å². The van der Waals surface area contributed by atoms with Crippen LogP contribution in [0, 0.1) is 5.41 Å². The van der Waals surface area contributed by atoms with Crippen LogP contribution in [0.3, 0.4) is 0 Å². The van der Waals surface area contributed by atoms with Gasteiger partial charge in [-0.1, -0.05) is 0 Å². The summed E-state index contributed by atoms with van der Waals surface area (Å²) in [7, 11) is 0. The van der Waals surface area contributed by atoms with E-state index in [9.17, 15) is 0 Å².